The first-order chi connectivity index (χ1) is 17.3. The van der Waals surface area contributed by atoms with Crippen molar-refractivity contribution in [3.05, 3.63) is 57.2 Å². The number of ether oxygens (including phenoxy) is 2. The summed E-state index contributed by atoms with van der Waals surface area (Å²) in [6, 6.07) is 6.80. The number of nitrogens with zero attached hydrogens (tertiary/aromatic N) is 3. The van der Waals surface area contributed by atoms with Crippen LogP contribution in [0, 0.1) is 5.92 Å². The van der Waals surface area contributed by atoms with E-state index < -0.39 is 12.0 Å². The van der Waals surface area contributed by atoms with Gasteiger partial charge in [-0.2, -0.15) is 0 Å². The van der Waals surface area contributed by atoms with Crippen molar-refractivity contribution in [3.8, 4) is 0 Å². The molecule has 1 amide bonds. The zero-order valence-corrected chi connectivity index (χ0v) is 22.2. The molecule has 0 aromatic heterocycles. The highest BCUT2D eigenvalue weighted by molar-refractivity contribution is 8.16. The van der Waals surface area contributed by atoms with Gasteiger partial charge in [-0.05, 0) is 56.7 Å². The monoisotopic (exact) mass is 531 g/mol. The summed E-state index contributed by atoms with van der Waals surface area (Å²) in [5.74, 6) is -1.06. The van der Waals surface area contributed by atoms with E-state index >= 15 is 0 Å². The number of halogens is 1. The van der Waals surface area contributed by atoms with Crippen LogP contribution in [-0.4, -0.2) is 59.1 Å². The molecule has 192 valence electrons. The van der Waals surface area contributed by atoms with E-state index in [1.807, 2.05) is 22.4 Å². The average molecular weight is 532 g/mol. The van der Waals surface area contributed by atoms with Crippen LogP contribution >= 0.6 is 23.4 Å². The lowest BCUT2D eigenvalue weighted by Gasteiger charge is -2.37. The van der Waals surface area contributed by atoms with Gasteiger partial charge in [-0.3, -0.25) is 9.59 Å². The van der Waals surface area contributed by atoms with E-state index in [0.29, 0.717) is 41.2 Å². The van der Waals surface area contributed by atoms with Gasteiger partial charge in [0.25, 0.3) is 0 Å². The van der Waals surface area contributed by atoms with Crippen molar-refractivity contribution in [3.63, 3.8) is 0 Å². The van der Waals surface area contributed by atoms with Crippen molar-refractivity contribution in [2.24, 2.45) is 10.9 Å². The Hall–Kier alpha value is -2.78. The van der Waals surface area contributed by atoms with Crippen LogP contribution in [0.4, 0.5) is 0 Å². The van der Waals surface area contributed by atoms with E-state index in [1.165, 1.54) is 11.8 Å². The molecule has 3 aliphatic heterocycles. The minimum atomic E-state index is -0.503. The first kappa shape index (κ1) is 26.3. The smallest absolute Gasteiger partial charge is 0.338 e. The molecular weight excluding hydrogens is 502 g/mol. The second-order valence-corrected chi connectivity index (χ2v) is 10.0. The van der Waals surface area contributed by atoms with Gasteiger partial charge in [0.15, 0.2) is 5.17 Å². The number of thioether (sulfide) groups is 1. The lowest BCUT2D eigenvalue weighted by Crippen LogP contribution is -2.44. The van der Waals surface area contributed by atoms with Crippen LogP contribution in [0.3, 0.4) is 0 Å². The first-order valence-electron chi connectivity index (χ1n) is 12.1. The quantitative estimate of drug-likeness (QED) is 0.472. The lowest BCUT2D eigenvalue weighted by atomic mass is 9.93. The highest BCUT2D eigenvalue weighted by Gasteiger charge is 2.41. The summed E-state index contributed by atoms with van der Waals surface area (Å²) < 4.78 is 10.6. The number of carbonyl (C=O) groups excluding carboxylic acids is 3. The van der Waals surface area contributed by atoms with Crippen LogP contribution < -0.4 is 0 Å². The second kappa shape index (κ2) is 11.5. The van der Waals surface area contributed by atoms with Crippen LogP contribution in [0.2, 0.25) is 5.02 Å². The Kier molecular flexibility index (Phi) is 8.41. The molecule has 3 aliphatic rings. The summed E-state index contributed by atoms with van der Waals surface area (Å²) in [7, 11) is 0. The molecular formula is C26H30ClN3O5S. The minimum Gasteiger partial charge on any atom is -0.466 e. The number of allylic oxidation sites excluding steroid dienone is 1. The number of benzene rings is 1. The minimum absolute atomic E-state index is 0.0732. The molecule has 0 aliphatic carbocycles. The number of piperidine rings is 1. The number of likely N-dealkylation sites (tertiary alicyclic amines) is 1. The molecule has 4 rings (SSSR count). The third-order valence-corrected chi connectivity index (χ3v) is 7.55. The molecule has 8 nitrogen and oxygen atoms in total. The zero-order valence-electron chi connectivity index (χ0n) is 20.7. The van der Waals surface area contributed by atoms with Gasteiger partial charge in [0.2, 0.25) is 5.91 Å². The fourth-order valence-electron chi connectivity index (χ4n) is 4.72. The molecule has 2 atom stereocenters. The van der Waals surface area contributed by atoms with E-state index in [-0.39, 0.29) is 30.8 Å². The van der Waals surface area contributed by atoms with Crippen molar-refractivity contribution >= 4 is 46.4 Å². The third-order valence-electron chi connectivity index (χ3n) is 6.41. The maximum absolute atomic E-state index is 13.4. The number of hydrogen-bond donors (Lipinski definition) is 0. The molecule has 1 fully saturated rings. The molecule has 0 spiro atoms. The molecule has 0 bridgehead atoms. The van der Waals surface area contributed by atoms with Crippen LogP contribution in [0.25, 0.3) is 0 Å². The topological polar surface area (TPSA) is 88.5 Å². The van der Waals surface area contributed by atoms with Crippen molar-refractivity contribution in [1.29, 1.82) is 0 Å². The van der Waals surface area contributed by atoms with Crippen molar-refractivity contribution < 1.29 is 23.9 Å². The molecule has 36 heavy (non-hydrogen) atoms. The third kappa shape index (κ3) is 5.47. The van der Waals surface area contributed by atoms with Gasteiger partial charge in [-0.25, -0.2) is 9.79 Å². The number of aliphatic imine (C=N–C) groups is 1. The summed E-state index contributed by atoms with van der Waals surface area (Å²) in [6.45, 7) is 6.87. The highest BCUT2D eigenvalue weighted by atomic mass is 35.5. The maximum Gasteiger partial charge on any atom is 0.338 e. The molecule has 1 aromatic carbocycles. The summed E-state index contributed by atoms with van der Waals surface area (Å²) in [4.78, 5) is 47.0. The second-order valence-electron chi connectivity index (χ2n) is 8.77. The Morgan fingerprint density at radius 1 is 1.14 bits per heavy atom. The number of rotatable bonds is 7. The van der Waals surface area contributed by atoms with Crippen molar-refractivity contribution in [1.82, 2.24) is 9.80 Å². The number of hydrogen-bond acceptors (Lipinski definition) is 8. The van der Waals surface area contributed by atoms with Gasteiger partial charge in [-0.15, -0.1) is 0 Å². The maximum atomic E-state index is 13.4. The predicted octanol–water partition coefficient (Wildman–Crippen LogP) is 4.67. The van der Waals surface area contributed by atoms with Crippen LogP contribution in [0.1, 0.15) is 51.6 Å². The Bertz CT molecular complexity index is 1130. The van der Waals surface area contributed by atoms with Gasteiger partial charge in [0, 0.05) is 23.8 Å². The molecule has 0 N–H and O–H groups in total. The molecule has 1 aromatic rings. The number of esters is 2. The number of amidine groups is 1. The Balaban J connectivity index is 1.60. The molecule has 0 unspecified atom stereocenters. The fraction of sp³-hybridized carbons (Fsp3) is 0.462. The zero-order chi connectivity index (χ0) is 25.8. The molecule has 3 heterocycles. The fourth-order valence-corrected chi connectivity index (χ4v) is 5.81. The van der Waals surface area contributed by atoms with Gasteiger partial charge >= 0.3 is 11.9 Å². The summed E-state index contributed by atoms with van der Waals surface area (Å²) in [6.07, 6.45) is 1.60. The van der Waals surface area contributed by atoms with Crippen molar-refractivity contribution in [2.75, 3.05) is 26.3 Å². The highest BCUT2D eigenvalue weighted by Crippen LogP contribution is 2.45. The molecule has 0 saturated carbocycles. The van der Waals surface area contributed by atoms with Gasteiger partial charge in [-0.1, -0.05) is 35.5 Å². The Labute approximate surface area is 220 Å². The van der Waals surface area contributed by atoms with E-state index in [4.69, 9.17) is 21.1 Å². The van der Waals surface area contributed by atoms with Gasteiger partial charge < -0.3 is 19.3 Å². The summed E-state index contributed by atoms with van der Waals surface area (Å²) in [5.41, 5.74) is 2.61. The van der Waals surface area contributed by atoms with E-state index in [9.17, 15) is 14.4 Å². The van der Waals surface area contributed by atoms with E-state index in [0.717, 1.165) is 24.1 Å². The summed E-state index contributed by atoms with van der Waals surface area (Å²) >= 11 is 7.56. The first-order valence-corrected chi connectivity index (χ1v) is 13.4. The van der Waals surface area contributed by atoms with Crippen molar-refractivity contribution in [2.45, 2.75) is 46.1 Å². The standard InChI is InChI=1S/C26H30ClN3O5S/c1-4-34-24(32)18-7-6-12-29(14-18)21(31)13-20-15-36-26-28-16(3)22(25(33)35-5-2)23(30(20)26)17-8-10-19(27)11-9-17/h8-11,15,18,23H,4-7,12-14H2,1-3H3/t18-,23+/m1/s1. The molecule has 1 saturated heterocycles. The SMILES string of the molecule is CCOC(=O)C1=C(C)N=C2SC=C(CC(=O)N3CCC[C@@H](C(=O)OCC)C3)N2[C@H]1c1ccc(Cl)cc1. The Morgan fingerprint density at radius 2 is 1.86 bits per heavy atom. The van der Waals surface area contributed by atoms with Gasteiger partial charge in [0.1, 0.15) is 0 Å². The number of amides is 1. The van der Waals surface area contributed by atoms with E-state index in [2.05, 4.69) is 4.99 Å². The predicted molar refractivity (Wildman–Crippen MR) is 139 cm³/mol. The van der Waals surface area contributed by atoms with Crippen LogP contribution in [0.5, 0.6) is 0 Å². The largest absolute Gasteiger partial charge is 0.466 e. The van der Waals surface area contributed by atoms with Gasteiger partial charge in [0.05, 0.1) is 42.9 Å². The average Bonchev–Trinajstić information content (AvgIpc) is 3.25. The van der Waals surface area contributed by atoms with Crippen LogP contribution in [0.15, 0.2) is 51.6 Å². The number of carbonyl (C=O) groups is 3. The molecule has 0 radical (unpaired) electrons. The summed E-state index contributed by atoms with van der Waals surface area (Å²) in [5, 5.41) is 3.20. The normalized spacial score (nSPS) is 21.6. The van der Waals surface area contributed by atoms with Crippen LogP contribution in [-0.2, 0) is 23.9 Å². The molecule has 10 heteroatoms. The Morgan fingerprint density at radius 3 is 2.56 bits per heavy atom. The lowest BCUT2D eigenvalue weighted by molar-refractivity contribution is -0.151. The number of fused-ring (bicyclic) bond motifs is 1. The van der Waals surface area contributed by atoms with E-state index in [1.54, 1.807) is 37.8 Å².